The van der Waals surface area contributed by atoms with Crippen LogP contribution in [0.5, 0.6) is 0 Å². The maximum absolute atomic E-state index is 13.2. The van der Waals surface area contributed by atoms with Gasteiger partial charge in [0.15, 0.2) is 0 Å². The number of carbonyl (C=O) groups is 2. The molecule has 1 fully saturated rings. The van der Waals surface area contributed by atoms with E-state index in [1.165, 1.54) is 0 Å². The van der Waals surface area contributed by atoms with Gasteiger partial charge in [0.2, 0.25) is 15.9 Å². The van der Waals surface area contributed by atoms with Gasteiger partial charge in [-0.3, -0.25) is 9.59 Å². The van der Waals surface area contributed by atoms with Crippen LogP contribution in [0.25, 0.3) is 0 Å². The predicted molar refractivity (Wildman–Crippen MR) is 161 cm³/mol. The van der Waals surface area contributed by atoms with Crippen molar-refractivity contribution in [1.82, 2.24) is 10.0 Å². The van der Waals surface area contributed by atoms with Crippen LogP contribution in [0.15, 0.2) is 89.8 Å². The maximum atomic E-state index is 13.2. The number of nitrogens with two attached hydrogens (primary N) is 1. The molecule has 1 aliphatic carbocycles. The van der Waals surface area contributed by atoms with E-state index in [1.54, 1.807) is 0 Å². The number of amides is 1. The van der Waals surface area contributed by atoms with E-state index in [1.807, 2.05) is 60.7 Å². The lowest BCUT2D eigenvalue weighted by molar-refractivity contribution is -0.146. The minimum atomic E-state index is -4.56. The normalized spacial score (nSPS) is 18.4. The second-order valence-electron chi connectivity index (χ2n) is 10.6. The van der Waals surface area contributed by atoms with Crippen molar-refractivity contribution in [3.05, 3.63) is 102 Å². The zero-order valence-electron chi connectivity index (χ0n) is 23.7. The molecule has 3 aromatic carbocycles. The van der Waals surface area contributed by atoms with Crippen LogP contribution in [0.4, 0.5) is 13.2 Å². The molecule has 0 aliphatic heterocycles. The number of alkyl halides is 3. The first-order valence-corrected chi connectivity index (χ1v) is 15.4. The first-order chi connectivity index (χ1) is 20.4. The van der Waals surface area contributed by atoms with Crippen LogP contribution in [0.1, 0.15) is 48.4 Å². The molecule has 0 saturated heterocycles. The number of esters is 1. The zero-order chi connectivity index (χ0) is 31.0. The van der Waals surface area contributed by atoms with Gasteiger partial charge >= 0.3 is 12.1 Å². The molecule has 238 valence electrons. The Morgan fingerprint density at radius 3 is 2.02 bits per heavy atom. The molecule has 0 aromatic heterocycles. The Morgan fingerprint density at radius 1 is 0.886 bits per heavy atom. The van der Waals surface area contributed by atoms with Crippen molar-refractivity contribution in [2.24, 2.45) is 11.7 Å². The minimum Gasteiger partial charge on any atom is -0.462 e. The van der Waals surface area contributed by atoms with Crippen LogP contribution in [0, 0.1) is 5.92 Å². The number of hydrogen-bond donors (Lipinski definition) is 3. The molecular weight excluding hydrogens is 619 g/mol. The smallest absolute Gasteiger partial charge is 0.416 e. The van der Waals surface area contributed by atoms with Crippen molar-refractivity contribution in [1.29, 1.82) is 0 Å². The number of halogens is 4. The monoisotopic (exact) mass is 653 g/mol. The van der Waals surface area contributed by atoms with Crippen molar-refractivity contribution in [2.45, 2.75) is 61.3 Å². The molecule has 0 heterocycles. The van der Waals surface area contributed by atoms with Gasteiger partial charge in [0.1, 0.15) is 12.6 Å². The van der Waals surface area contributed by atoms with Crippen molar-refractivity contribution >= 4 is 34.3 Å². The molecule has 4 rings (SSSR count). The number of rotatable bonds is 11. The van der Waals surface area contributed by atoms with Crippen molar-refractivity contribution in [3.8, 4) is 0 Å². The molecule has 0 spiro atoms. The molecule has 0 unspecified atom stereocenters. The fourth-order valence-corrected chi connectivity index (χ4v) is 6.31. The first-order valence-electron chi connectivity index (χ1n) is 13.9. The van der Waals surface area contributed by atoms with Crippen molar-refractivity contribution in [3.63, 3.8) is 0 Å². The largest absolute Gasteiger partial charge is 0.462 e. The second-order valence-corrected chi connectivity index (χ2v) is 12.3. The summed E-state index contributed by atoms with van der Waals surface area (Å²) in [4.78, 5) is 25.6. The molecule has 1 amide bonds. The molecule has 2 atom stereocenters. The number of ether oxygens (including phenoxy) is 1. The molecule has 1 aliphatic rings. The molecular formula is C31H35ClF3N3O5S. The summed E-state index contributed by atoms with van der Waals surface area (Å²) < 4.78 is 72.0. The van der Waals surface area contributed by atoms with Gasteiger partial charge in [0.05, 0.1) is 16.5 Å². The molecule has 0 bridgehead atoms. The van der Waals surface area contributed by atoms with Gasteiger partial charge < -0.3 is 15.8 Å². The van der Waals surface area contributed by atoms with Crippen LogP contribution >= 0.6 is 12.4 Å². The topological polar surface area (TPSA) is 128 Å². The van der Waals surface area contributed by atoms with Gasteiger partial charge in [-0.1, -0.05) is 60.7 Å². The summed E-state index contributed by atoms with van der Waals surface area (Å²) in [5, 5.41) is 2.97. The fourth-order valence-electron chi connectivity index (χ4n) is 5.00. The third kappa shape index (κ3) is 9.78. The summed E-state index contributed by atoms with van der Waals surface area (Å²) in [6.07, 6.45) is -2.71. The minimum absolute atomic E-state index is 0. The molecule has 8 nitrogen and oxygen atoms in total. The van der Waals surface area contributed by atoms with Gasteiger partial charge in [-0.15, -0.1) is 12.4 Å². The first kappa shape index (κ1) is 35.0. The summed E-state index contributed by atoms with van der Waals surface area (Å²) >= 11 is 0. The lowest BCUT2D eigenvalue weighted by Gasteiger charge is -2.30. The van der Waals surface area contributed by atoms with E-state index in [9.17, 15) is 31.2 Å². The average molecular weight is 654 g/mol. The Balaban J connectivity index is 0.00000529. The van der Waals surface area contributed by atoms with E-state index >= 15 is 0 Å². The third-order valence-corrected chi connectivity index (χ3v) is 8.96. The van der Waals surface area contributed by atoms with E-state index in [0.29, 0.717) is 32.1 Å². The summed E-state index contributed by atoms with van der Waals surface area (Å²) in [6, 6.07) is 19.8. The van der Waals surface area contributed by atoms with Crippen molar-refractivity contribution < 1.29 is 35.9 Å². The highest BCUT2D eigenvalue weighted by Gasteiger charge is 2.33. The van der Waals surface area contributed by atoms with E-state index in [0.717, 1.165) is 35.4 Å². The van der Waals surface area contributed by atoms with Gasteiger partial charge in [-0.25, -0.2) is 13.1 Å². The number of nitrogens with one attached hydrogen (secondary N) is 2. The Bertz CT molecular complexity index is 1470. The summed E-state index contributed by atoms with van der Waals surface area (Å²) in [7, 11) is -4.03. The Morgan fingerprint density at radius 2 is 1.45 bits per heavy atom. The van der Waals surface area contributed by atoms with Gasteiger partial charge in [0, 0.05) is 12.0 Å². The van der Waals surface area contributed by atoms with Crippen LogP contribution in [-0.2, 0) is 36.9 Å². The van der Waals surface area contributed by atoms with Crippen LogP contribution in [0.3, 0.4) is 0 Å². The average Bonchev–Trinajstić information content (AvgIpc) is 2.99. The predicted octanol–water partition coefficient (Wildman–Crippen LogP) is 4.94. The molecule has 1 saturated carbocycles. The molecule has 4 N–H and O–H groups in total. The van der Waals surface area contributed by atoms with Crippen LogP contribution in [-0.4, -0.2) is 39.0 Å². The highest BCUT2D eigenvalue weighted by atomic mass is 35.5. The quantitative estimate of drug-likeness (QED) is 0.252. The molecule has 3 aromatic rings. The summed E-state index contributed by atoms with van der Waals surface area (Å²) in [6.45, 7) is -0.112. The fraction of sp³-hybridized carbons (Fsp3) is 0.355. The SMILES string of the molecule is Cl.N[C@@H](Cc1ccccc1)C(=O)OC[C@@H](NC(=O)[C@H]1CC[C@H](NS(=O)(=O)c2ccc(C(F)(F)F)cc2)CC1)c1ccccc1. The molecule has 0 radical (unpaired) electrons. The summed E-state index contributed by atoms with van der Waals surface area (Å²) in [5.41, 5.74) is 6.77. The van der Waals surface area contributed by atoms with Gasteiger partial charge in [0.25, 0.3) is 0 Å². The number of sulfonamides is 1. The second kappa shape index (κ2) is 15.5. The summed E-state index contributed by atoms with van der Waals surface area (Å²) in [5.74, 6) is -1.23. The van der Waals surface area contributed by atoms with Gasteiger partial charge in [-0.05, 0) is 67.5 Å². The Labute approximate surface area is 261 Å². The van der Waals surface area contributed by atoms with E-state index in [-0.39, 0.29) is 29.8 Å². The Kier molecular flexibility index (Phi) is 12.4. The molecule has 44 heavy (non-hydrogen) atoms. The third-order valence-electron chi connectivity index (χ3n) is 7.42. The van der Waals surface area contributed by atoms with Crippen LogP contribution in [0.2, 0.25) is 0 Å². The van der Waals surface area contributed by atoms with Gasteiger partial charge in [-0.2, -0.15) is 13.2 Å². The number of hydrogen-bond acceptors (Lipinski definition) is 6. The Hall–Kier alpha value is -3.45. The lowest BCUT2D eigenvalue weighted by Crippen LogP contribution is -2.42. The maximum Gasteiger partial charge on any atom is 0.416 e. The van der Waals surface area contributed by atoms with E-state index in [2.05, 4.69) is 10.0 Å². The lowest BCUT2D eigenvalue weighted by atomic mass is 9.85. The highest BCUT2D eigenvalue weighted by Crippen LogP contribution is 2.30. The standard InChI is InChI=1S/C31H34F3N3O5S.ClH/c32-31(33,34)24-13-17-26(18-14-24)43(40,41)37-25-15-11-23(12-16-25)29(38)36-28(22-9-5-2-6-10-22)20-42-30(39)27(35)19-21-7-3-1-4-8-21;/h1-10,13-14,17-18,23,25,27-28,37H,11-12,15-16,19-20,35H2,(H,36,38);1H/t23-,25-,27-,28+;/m0./s1. The van der Waals surface area contributed by atoms with Crippen molar-refractivity contribution in [2.75, 3.05) is 6.61 Å². The number of carbonyl (C=O) groups excluding carboxylic acids is 2. The van der Waals surface area contributed by atoms with E-state index in [4.69, 9.17) is 10.5 Å². The zero-order valence-corrected chi connectivity index (χ0v) is 25.3. The number of benzene rings is 3. The van der Waals surface area contributed by atoms with Crippen LogP contribution < -0.4 is 15.8 Å². The van der Waals surface area contributed by atoms with E-state index < -0.39 is 51.8 Å². The highest BCUT2D eigenvalue weighted by molar-refractivity contribution is 7.89. The molecule has 13 heteroatoms.